The number of benzene rings is 1. The molecule has 2 aliphatic heterocycles. The van der Waals surface area contributed by atoms with Crippen molar-refractivity contribution in [1.29, 1.82) is 0 Å². The molecule has 110 valence electrons. The molecule has 4 rings (SSSR count). The van der Waals surface area contributed by atoms with E-state index in [1.807, 2.05) is 18.3 Å². The summed E-state index contributed by atoms with van der Waals surface area (Å²) in [6, 6.07) is 9.42. The fraction of sp³-hybridized carbons (Fsp3) is 0.471. The van der Waals surface area contributed by atoms with Gasteiger partial charge >= 0.3 is 0 Å². The number of pyridine rings is 1. The molecule has 4 nitrogen and oxygen atoms in total. The van der Waals surface area contributed by atoms with E-state index in [2.05, 4.69) is 27.3 Å². The van der Waals surface area contributed by atoms with Crippen LogP contribution in [0.3, 0.4) is 0 Å². The van der Waals surface area contributed by atoms with Gasteiger partial charge in [-0.25, -0.2) is 0 Å². The van der Waals surface area contributed by atoms with Crippen molar-refractivity contribution in [2.45, 2.75) is 37.8 Å². The minimum atomic E-state index is 0.576. The van der Waals surface area contributed by atoms with Crippen molar-refractivity contribution in [1.82, 2.24) is 9.88 Å². The first kappa shape index (κ1) is 12.9. The first-order chi connectivity index (χ1) is 10.3. The highest BCUT2D eigenvalue weighted by Crippen LogP contribution is 2.30. The summed E-state index contributed by atoms with van der Waals surface area (Å²) in [5.74, 6) is 0. The number of piperidine rings is 1. The molecular formula is C17H22N4. The van der Waals surface area contributed by atoms with Crippen molar-refractivity contribution in [3.05, 3.63) is 30.5 Å². The maximum atomic E-state index is 5.85. The van der Waals surface area contributed by atoms with Crippen LogP contribution in [-0.2, 0) is 0 Å². The van der Waals surface area contributed by atoms with Gasteiger partial charge in [0.2, 0.25) is 0 Å². The minimum absolute atomic E-state index is 0.576. The lowest BCUT2D eigenvalue weighted by atomic mass is 9.97. The van der Waals surface area contributed by atoms with Gasteiger partial charge in [0.1, 0.15) is 0 Å². The molecular weight excluding hydrogens is 260 g/mol. The number of anilines is 2. The maximum Gasteiger partial charge on any atom is 0.0743 e. The molecule has 0 radical (unpaired) electrons. The number of nitrogen functional groups attached to an aromatic ring is 1. The Morgan fingerprint density at radius 2 is 2.14 bits per heavy atom. The molecule has 0 amide bonds. The van der Waals surface area contributed by atoms with Crippen molar-refractivity contribution in [2.75, 3.05) is 24.1 Å². The van der Waals surface area contributed by atoms with Crippen LogP contribution in [0.5, 0.6) is 0 Å². The molecule has 2 fully saturated rings. The lowest BCUT2D eigenvalue weighted by Crippen LogP contribution is -2.42. The van der Waals surface area contributed by atoms with Crippen LogP contribution in [0.25, 0.3) is 10.9 Å². The largest absolute Gasteiger partial charge is 0.399 e. The van der Waals surface area contributed by atoms with E-state index in [-0.39, 0.29) is 0 Å². The topological polar surface area (TPSA) is 54.2 Å². The van der Waals surface area contributed by atoms with Gasteiger partial charge in [-0.1, -0.05) is 0 Å². The van der Waals surface area contributed by atoms with Crippen molar-refractivity contribution >= 4 is 22.3 Å². The van der Waals surface area contributed by atoms with Crippen LogP contribution in [0.2, 0.25) is 0 Å². The van der Waals surface area contributed by atoms with Gasteiger partial charge in [-0.2, -0.15) is 0 Å². The molecule has 2 aliphatic rings. The summed E-state index contributed by atoms with van der Waals surface area (Å²) >= 11 is 0. The van der Waals surface area contributed by atoms with Crippen LogP contribution in [-0.4, -0.2) is 35.1 Å². The highest BCUT2D eigenvalue weighted by Gasteiger charge is 2.31. The van der Waals surface area contributed by atoms with Crippen LogP contribution in [0.1, 0.15) is 25.7 Å². The lowest BCUT2D eigenvalue weighted by Gasteiger charge is -2.35. The molecule has 2 aromatic rings. The molecule has 1 aromatic carbocycles. The normalized spacial score (nSPS) is 25.9. The second-order valence-electron chi connectivity index (χ2n) is 6.33. The number of nitrogens with one attached hydrogen (secondary N) is 1. The molecule has 0 aliphatic carbocycles. The summed E-state index contributed by atoms with van der Waals surface area (Å²) in [4.78, 5) is 7.08. The van der Waals surface area contributed by atoms with Crippen molar-refractivity contribution in [3.8, 4) is 0 Å². The number of hydrogen-bond donors (Lipinski definition) is 2. The molecule has 3 N–H and O–H groups in total. The van der Waals surface area contributed by atoms with E-state index in [1.54, 1.807) is 0 Å². The first-order valence-electron chi connectivity index (χ1n) is 7.94. The average molecular weight is 282 g/mol. The number of aromatic nitrogens is 1. The van der Waals surface area contributed by atoms with E-state index in [9.17, 15) is 0 Å². The number of hydrogen-bond acceptors (Lipinski definition) is 4. The Morgan fingerprint density at radius 3 is 3.10 bits per heavy atom. The number of rotatable bonds is 2. The molecule has 21 heavy (non-hydrogen) atoms. The zero-order valence-electron chi connectivity index (χ0n) is 12.3. The van der Waals surface area contributed by atoms with Crippen molar-refractivity contribution < 1.29 is 0 Å². The summed E-state index contributed by atoms with van der Waals surface area (Å²) in [6.07, 6.45) is 7.10. The smallest absolute Gasteiger partial charge is 0.0743 e. The highest BCUT2D eigenvalue weighted by atomic mass is 15.2. The van der Waals surface area contributed by atoms with Gasteiger partial charge in [-0.3, -0.25) is 4.98 Å². The first-order valence-corrected chi connectivity index (χ1v) is 7.94. The average Bonchev–Trinajstić information content (AvgIpc) is 2.95. The summed E-state index contributed by atoms with van der Waals surface area (Å²) in [7, 11) is 0. The molecule has 0 saturated carbocycles. The number of nitrogens with two attached hydrogens (primary N) is 1. The Balaban J connectivity index is 1.57. The van der Waals surface area contributed by atoms with E-state index in [1.165, 1.54) is 49.8 Å². The summed E-state index contributed by atoms with van der Waals surface area (Å²) in [5, 5.41) is 4.92. The van der Waals surface area contributed by atoms with Gasteiger partial charge in [0.25, 0.3) is 0 Å². The van der Waals surface area contributed by atoms with Crippen molar-refractivity contribution in [3.63, 3.8) is 0 Å². The Kier molecular flexibility index (Phi) is 3.19. The quantitative estimate of drug-likeness (QED) is 0.832. The Hall–Kier alpha value is -1.81. The highest BCUT2D eigenvalue weighted by molar-refractivity contribution is 5.92. The molecule has 0 spiro atoms. The summed E-state index contributed by atoms with van der Waals surface area (Å²) in [5.41, 5.74) is 8.78. The van der Waals surface area contributed by atoms with E-state index < -0.39 is 0 Å². The van der Waals surface area contributed by atoms with Crippen LogP contribution in [0.15, 0.2) is 30.5 Å². The van der Waals surface area contributed by atoms with E-state index in [0.717, 1.165) is 17.2 Å². The minimum Gasteiger partial charge on any atom is -0.399 e. The standard InChI is InChI=1S/C17H22N4/c18-12-3-4-15-16(5-7-19-17(15)10-12)20-13-6-9-21-8-1-2-14(21)11-13/h3-5,7,10,13-14H,1-2,6,8-9,11,18H2,(H,19,20). The van der Waals surface area contributed by atoms with E-state index >= 15 is 0 Å². The zero-order chi connectivity index (χ0) is 14.2. The predicted octanol–water partition coefficient (Wildman–Crippen LogP) is 2.86. The van der Waals surface area contributed by atoms with Gasteiger partial charge in [0.15, 0.2) is 0 Å². The third-order valence-corrected chi connectivity index (χ3v) is 4.95. The monoisotopic (exact) mass is 282 g/mol. The Bertz CT molecular complexity index is 654. The van der Waals surface area contributed by atoms with Crippen LogP contribution < -0.4 is 11.1 Å². The number of fused-ring (bicyclic) bond motifs is 2. The van der Waals surface area contributed by atoms with Gasteiger partial charge in [-0.15, -0.1) is 0 Å². The molecule has 4 heteroatoms. The second kappa shape index (κ2) is 5.19. The molecule has 2 atom stereocenters. The van der Waals surface area contributed by atoms with E-state index in [4.69, 9.17) is 5.73 Å². The number of nitrogens with zero attached hydrogens (tertiary/aromatic N) is 2. The molecule has 2 unspecified atom stereocenters. The fourth-order valence-corrected chi connectivity index (χ4v) is 3.87. The van der Waals surface area contributed by atoms with Crippen LogP contribution in [0.4, 0.5) is 11.4 Å². The Morgan fingerprint density at radius 1 is 1.19 bits per heavy atom. The van der Waals surface area contributed by atoms with Crippen LogP contribution in [0, 0.1) is 0 Å². The van der Waals surface area contributed by atoms with Gasteiger partial charge in [0, 0.05) is 41.6 Å². The molecule has 3 heterocycles. The summed E-state index contributed by atoms with van der Waals surface area (Å²) in [6.45, 7) is 2.53. The van der Waals surface area contributed by atoms with Crippen LogP contribution >= 0.6 is 0 Å². The van der Waals surface area contributed by atoms with Gasteiger partial charge in [0.05, 0.1) is 5.52 Å². The zero-order valence-corrected chi connectivity index (χ0v) is 12.3. The molecule has 1 aromatic heterocycles. The lowest BCUT2D eigenvalue weighted by molar-refractivity contribution is 0.188. The fourth-order valence-electron chi connectivity index (χ4n) is 3.87. The van der Waals surface area contributed by atoms with Gasteiger partial charge in [-0.05, 0) is 56.5 Å². The van der Waals surface area contributed by atoms with E-state index in [0.29, 0.717) is 6.04 Å². The third-order valence-electron chi connectivity index (χ3n) is 4.95. The molecule has 2 saturated heterocycles. The maximum absolute atomic E-state index is 5.85. The predicted molar refractivity (Wildman–Crippen MR) is 87.4 cm³/mol. The SMILES string of the molecule is Nc1ccc2c(NC3CCN4CCCC4C3)ccnc2c1. The summed E-state index contributed by atoms with van der Waals surface area (Å²) < 4.78 is 0. The second-order valence-corrected chi connectivity index (χ2v) is 6.33. The molecule has 0 bridgehead atoms. The Labute approximate surface area is 125 Å². The third kappa shape index (κ3) is 2.44. The van der Waals surface area contributed by atoms with Crippen molar-refractivity contribution in [2.24, 2.45) is 0 Å². The van der Waals surface area contributed by atoms with Gasteiger partial charge < -0.3 is 16.0 Å².